The average Bonchev–Trinajstić information content (AvgIpc) is 2.47. The molecular formula is C15H13ClN2O2. The second-order valence-electron chi connectivity index (χ2n) is 4.12. The van der Waals surface area contributed by atoms with Gasteiger partial charge in [-0.1, -0.05) is 17.7 Å². The molecule has 102 valence electrons. The molecule has 0 amide bonds. The number of benzene rings is 2. The molecule has 2 N–H and O–H groups in total. The Hall–Kier alpha value is -2.38. The number of anilines is 1. The first-order valence-electron chi connectivity index (χ1n) is 5.89. The summed E-state index contributed by atoms with van der Waals surface area (Å²) < 4.78 is 10.7. The zero-order valence-electron chi connectivity index (χ0n) is 10.9. The summed E-state index contributed by atoms with van der Waals surface area (Å²) in [5.74, 6) is 1.06. The van der Waals surface area contributed by atoms with E-state index >= 15 is 0 Å². The lowest BCUT2D eigenvalue weighted by atomic mass is 10.1. The van der Waals surface area contributed by atoms with E-state index in [1.54, 1.807) is 30.3 Å². The summed E-state index contributed by atoms with van der Waals surface area (Å²) in [6.45, 7) is 0.295. The van der Waals surface area contributed by atoms with Gasteiger partial charge in [0.2, 0.25) is 0 Å². The fourth-order valence-corrected chi connectivity index (χ4v) is 1.89. The first kappa shape index (κ1) is 14.0. The number of methoxy groups -OCH3 is 1. The highest BCUT2D eigenvalue weighted by molar-refractivity contribution is 6.30. The monoisotopic (exact) mass is 288 g/mol. The van der Waals surface area contributed by atoms with Crippen LogP contribution in [0.4, 0.5) is 5.69 Å². The van der Waals surface area contributed by atoms with E-state index in [9.17, 15) is 0 Å². The van der Waals surface area contributed by atoms with Crippen LogP contribution in [0.5, 0.6) is 11.5 Å². The van der Waals surface area contributed by atoms with Gasteiger partial charge in [0.25, 0.3) is 0 Å². The van der Waals surface area contributed by atoms with Crippen LogP contribution in [0.1, 0.15) is 11.1 Å². The lowest BCUT2D eigenvalue weighted by Crippen LogP contribution is -1.99. The van der Waals surface area contributed by atoms with E-state index in [0.717, 1.165) is 5.56 Å². The minimum Gasteiger partial charge on any atom is -0.495 e. The van der Waals surface area contributed by atoms with Gasteiger partial charge in [-0.25, -0.2) is 0 Å². The number of nitriles is 1. The van der Waals surface area contributed by atoms with E-state index in [1.807, 2.05) is 6.07 Å². The third-order valence-electron chi connectivity index (χ3n) is 2.75. The SMILES string of the molecule is COc1ccc(COc2cc(Cl)ccc2N)cc1C#N. The molecule has 0 radical (unpaired) electrons. The van der Waals surface area contributed by atoms with Crippen LogP contribution in [-0.2, 0) is 6.61 Å². The van der Waals surface area contributed by atoms with E-state index in [0.29, 0.717) is 34.4 Å². The van der Waals surface area contributed by atoms with Crippen LogP contribution in [-0.4, -0.2) is 7.11 Å². The van der Waals surface area contributed by atoms with Crippen molar-refractivity contribution in [1.82, 2.24) is 0 Å². The molecule has 0 aromatic heterocycles. The van der Waals surface area contributed by atoms with Crippen molar-refractivity contribution in [1.29, 1.82) is 5.26 Å². The second kappa shape index (κ2) is 6.18. The Morgan fingerprint density at radius 1 is 1.20 bits per heavy atom. The summed E-state index contributed by atoms with van der Waals surface area (Å²) in [5.41, 5.74) is 7.63. The molecule has 0 fully saturated rings. The third-order valence-corrected chi connectivity index (χ3v) is 2.99. The molecule has 0 aliphatic heterocycles. The van der Waals surface area contributed by atoms with Gasteiger partial charge in [-0.05, 0) is 29.8 Å². The van der Waals surface area contributed by atoms with E-state index in [-0.39, 0.29) is 0 Å². The molecule has 0 aliphatic carbocycles. The molecule has 0 aliphatic rings. The van der Waals surface area contributed by atoms with Crippen molar-refractivity contribution in [3.63, 3.8) is 0 Å². The van der Waals surface area contributed by atoms with Crippen molar-refractivity contribution in [2.75, 3.05) is 12.8 Å². The van der Waals surface area contributed by atoms with Gasteiger partial charge in [0.15, 0.2) is 0 Å². The molecule has 5 heteroatoms. The fourth-order valence-electron chi connectivity index (χ4n) is 1.73. The lowest BCUT2D eigenvalue weighted by Gasteiger charge is -2.10. The van der Waals surface area contributed by atoms with Gasteiger partial charge in [0, 0.05) is 11.1 Å². The molecule has 0 bridgehead atoms. The van der Waals surface area contributed by atoms with Crippen molar-refractivity contribution in [3.8, 4) is 17.6 Å². The molecule has 0 atom stereocenters. The van der Waals surface area contributed by atoms with Crippen LogP contribution >= 0.6 is 11.6 Å². The molecule has 0 heterocycles. The summed E-state index contributed by atoms with van der Waals surface area (Å²) in [5, 5.41) is 9.59. The third kappa shape index (κ3) is 3.14. The lowest BCUT2D eigenvalue weighted by molar-refractivity contribution is 0.307. The van der Waals surface area contributed by atoms with Crippen LogP contribution in [0.15, 0.2) is 36.4 Å². The second-order valence-corrected chi connectivity index (χ2v) is 4.55. The Balaban J connectivity index is 2.15. The van der Waals surface area contributed by atoms with Gasteiger partial charge in [-0.15, -0.1) is 0 Å². The summed E-state index contributed by atoms with van der Waals surface area (Å²) in [6.07, 6.45) is 0. The summed E-state index contributed by atoms with van der Waals surface area (Å²) in [4.78, 5) is 0. The van der Waals surface area contributed by atoms with Gasteiger partial charge < -0.3 is 15.2 Å². The van der Waals surface area contributed by atoms with Crippen LogP contribution in [0.3, 0.4) is 0 Å². The Bertz CT molecular complexity index is 665. The Labute approximate surface area is 122 Å². The molecule has 0 saturated carbocycles. The number of nitrogen functional groups attached to an aromatic ring is 1. The predicted molar refractivity (Wildman–Crippen MR) is 77.9 cm³/mol. The van der Waals surface area contributed by atoms with E-state index in [2.05, 4.69) is 6.07 Å². The van der Waals surface area contributed by atoms with Crippen molar-refractivity contribution in [3.05, 3.63) is 52.5 Å². The van der Waals surface area contributed by atoms with Crippen LogP contribution in [0.2, 0.25) is 5.02 Å². The fraction of sp³-hybridized carbons (Fsp3) is 0.133. The highest BCUT2D eigenvalue weighted by Crippen LogP contribution is 2.27. The molecule has 2 rings (SSSR count). The van der Waals surface area contributed by atoms with E-state index < -0.39 is 0 Å². The van der Waals surface area contributed by atoms with Gasteiger partial charge in [-0.3, -0.25) is 0 Å². The Morgan fingerprint density at radius 2 is 2.00 bits per heavy atom. The van der Waals surface area contributed by atoms with E-state index in [1.165, 1.54) is 7.11 Å². The largest absolute Gasteiger partial charge is 0.495 e. The summed E-state index contributed by atoms with van der Waals surface area (Å²) in [7, 11) is 1.53. The maximum absolute atomic E-state index is 9.03. The molecule has 0 unspecified atom stereocenters. The van der Waals surface area contributed by atoms with Gasteiger partial charge in [0.1, 0.15) is 24.2 Å². The van der Waals surface area contributed by atoms with Crippen molar-refractivity contribution < 1.29 is 9.47 Å². The van der Waals surface area contributed by atoms with Crippen LogP contribution < -0.4 is 15.2 Å². The minimum atomic E-state index is 0.295. The number of ether oxygens (including phenoxy) is 2. The molecule has 2 aromatic rings. The Kier molecular flexibility index (Phi) is 4.34. The number of nitrogens with two attached hydrogens (primary N) is 1. The molecular weight excluding hydrogens is 276 g/mol. The first-order chi connectivity index (χ1) is 9.63. The highest BCUT2D eigenvalue weighted by Gasteiger charge is 2.06. The zero-order chi connectivity index (χ0) is 14.5. The average molecular weight is 289 g/mol. The summed E-state index contributed by atoms with van der Waals surface area (Å²) >= 11 is 5.89. The molecule has 0 saturated heterocycles. The van der Waals surface area contributed by atoms with Crippen LogP contribution in [0.25, 0.3) is 0 Å². The smallest absolute Gasteiger partial charge is 0.144 e. The molecule has 4 nitrogen and oxygen atoms in total. The summed E-state index contributed by atoms with van der Waals surface area (Å²) in [6, 6.07) is 12.4. The quantitative estimate of drug-likeness (QED) is 0.876. The standard InChI is InChI=1S/C15H13ClN2O2/c1-19-14-5-2-10(6-11(14)8-17)9-20-15-7-12(16)3-4-13(15)18/h2-7H,9,18H2,1H3. The highest BCUT2D eigenvalue weighted by atomic mass is 35.5. The van der Waals surface area contributed by atoms with Crippen molar-refractivity contribution in [2.45, 2.75) is 6.61 Å². The maximum atomic E-state index is 9.03. The normalized spacial score (nSPS) is 9.85. The molecule has 0 spiro atoms. The maximum Gasteiger partial charge on any atom is 0.144 e. The minimum absolute atomic E-state index is 0.295. The number of halogens is 1. The number of nitrogens with zero attached hydrogens (tertiary/aromatic N) is 1. The first-order valence-corrected chi connectivity index (χ1v) is 6.26. The van der Waals surface area contributed by atoms with E-state index in [4.69, 9.17) is 32.1 Å². The van der Waals surface area contributed by atoms with Crippen molar-refractivity contribution in [2.24, 2.45) is 0 Å². The number of hydrogen-bond acceptors (Lipinski definition) is 4. The topological polar surface area (TPSA) is 68.3 Å². The molecule has 2 aromatic carbocycles. The molecule has 20 heavy (non-hydrogen) atoms. The Morgan fingerprint density at radius 3 is 2.70 bits per heavy atom. The zero-order valence-corrected chi connectivity index (χ0v) is 11.6. The van der Waals surface area contributed by atoms with Gasteiger partial charge in [0.05, 0.1) is 18.4 Å². The van der Waals surface area contributed by atoms with Crippen molar-refractivity contribution >= 4 is 17.3 Å². The number of hydrogen-bond donors (Lipinski definition) is 1. The van der Waals surface area contributed by atoms with Gasteiger partial charge in [-0.2, -0.15) is 5.26 Å². The number of rotatable bonds is 4. The van der Waals surface area contributed by atoms with Gasteiger partial charge >= 0.3 is 0 Å². The van der Waals surface area contributed by atoms with Crippen LogP contribution in [0, 0.1) is 11.3 Å². The predicted octanol–water partition coefficient (Wildman–Crippen LogP) is 3.38.